The van der Waals surface area contributed by atoms with Crippen LogP contribution in [0, 0.1) is 0 Å². The van der Waals surface area contributed by atoms with Crippen molar-refractivity contribution in [1.29, 1.82) is 0 Å². The van der Waals surface area contributed by atoms with E-state index in [0.717, 1.165) is 22.2 Å². The number of carbonyl (C=O) groups is 1. The van der Waals surface area contributed by atoms with Gasteiger partial charge in [0.2, 0.25) is 17.8 Å². The second-order valence-corrected chi connectivity index (χ2v) is 6.97. The molecule has 0 fully saturated rings. The summed E-state index contributed by atoms with van der Waals surface area (Å²) in [6.07, 6.45) is 0. The van der Waals surface area contributed by atoms with Gasteiger partial charge in [-0.2, -0.15) is 15.0 Å². The van der Waals surface area contributed by atoms with Gasteiger partial charge in [0.1, 0.15) is 0 Å². The Hall–Kier alpha value is -2.65. The number of aromatic nitrogens is 3. The number of hydrogen-bond acceptors (Lipinski definition) is 8. The molecule has 128 valence electrons. The highest BCUT2D eigenvalue weighted by Crippen LogP contribution is 2.26. The lowest BCUT2D eigenvalue weighted by atomic mass is 10.1. The largest absolute Gasteiger partial charge is 0.368 e. The summed E-state index contributed by atoms with van der Waals surface area (Å²) < 4.78 is 0. The predicted octanol–water partition coefficient (Wildman–Crippen LogP) is 2.10. The van der Waals surface area contributed by atoms with Crippen molar-refractivity contribution < 1.29 is 4.79 Å². The highest BCUT2D eigenvalue weighted by molar-refractivity contribution is 7.99. The summed E-state index contributed by atoms with van der Waals surface area (Å²) in [7, 11) is 0. The molecule has 0 aliphatic rings. The lowest BCUT2D eigenvalue weighted by Crippen LogP contribution is -2.30. The molecule has 0 spiro atoms. The number of thiophene rings is 1. The zero-order chi connectivity index (χ0) is 17.6. The highest BCUT2D eigenvalue weighted by Gasteiger charge is 2.18. The van der Waals surface area contributed by atoms with Crippen LogP contribution < -0.4 is 16.8 Å². The minimum absolute atomic E-state index is 0.0381. The highest BCUT2D eigenvalue weighted by atomic mass is 32.2. The van der Waals surface area contributed by atoms with Crippen LogP contribution in [0.5, 0.6) is 0 Å². The smallest absolute Gasteiger partial charge is 0.231 e. The van der Waals surface area contributed by atoms with Crippen molar-refractivity contribution in [2.24, 2.45) is 0 Å². The van der Waals surface area contributed by atoms with Gasteiger partial charge in [-0.05, 0) is 17.0 Å². The van der Waals surface area contributed by atoms with E-state index < -0.39 is 0 Å². The van der Waals surface area contributed by atoms with Crippen LogP contribution in [-0.4, -0.2) is 26.6 Å². The van der Waals surface area contributed by atoms with Gasteiger partial charge in [0.25, 0.3) is 0 Å². The maximum atomic E-state index is 12.4. The summed E-state index contributed by atoms with van der Waals surface area (Å²) in [5, 5.41) is 5.37. The Morgan fingerprint density at radius 2 is 1.80 bits per heavy atom. The molecule has 1 aromatic carbocycles. The van der Waals surface area contributed by atoms with Crippen LogP contribution >= 0.6 is 23.1 Å². The predicted molar refractivity (Wildman–Crippen MR) is 100 cm³/mol. The van der Waals surface area contributed by atoms with Crippen molar-refractivity contribution >= 4 is 40.9 Å². The number of rotatable bonds is 6. The first-order chi connectivity index (χ1) is 12.1. The molecule has 2 heterocycles. The molecular formula is C16H16N6OS2. The Kier molecular flexibility index (Phi) is 5.46. The van der Waals surface area contributed by atoms with Crippen LogP contribution in [-0.2, 0) is 4.79 Å². The number of benzene rings is 1. The molecular weight excluding hydrogens is 356 g/mol. The molecule has 1 atom stereocenters. The van der Waals surface area contributed by atoms with E-state index >= 15 is 0 Å². The third-order valence-corrected chi connectivity index (χ3v) is 5.03. The average molecular weight is 372 g/mol. The molecule has 1 amide bonds. The normalized spacial score (nSPS) is 11.8. The van der Waals surface area contributed by atoms with E-state index in [1.54, 1.807) is 11.3 Å². The molecule has 5 N–H and O–H groups in total. The first-order valence-corrected chi connectivity index (χ1v) is 9.26. The SMILES string of the molecule is Nc1nc(N)nc(SCC(=O)N[C@@H](c2ccccc2)c2cccs2)n1. The van der Waals surface area contributed by atoms with Gasteiger partial charge in [-0.3, -0.25) is 4.79 Å². The summed E-state index contributed by atoms with van der Waals surface area (Å²) in [6, 6.07) is 13.6. The first-order valence-electron chi connectivity index (χ1n) is 7.39. The van der Waals surface area contributed by atoms with Gasteiger partial charge < -0.3 is 16.8 Å². The standard InChI is InChI=1S/C16H16N6OS2/c17-14-20-15(18)22-16(21-14)25-9-12(23)19-13(11-7-4-8-24-11)10-5-2-1-3-6-10/h1-8,13H,9H2,(H,19,23)(H4,17,18,20,21,22)/t13-/m0/s1. The van der Waals surface area contributed by atoms with Crippen molar-refractivity contribution in [2.75, 3.05) is 17.2 Å². The Labute approximate surface area is 152 Å². The van der Waals surface area contributed by atoms with E-state index in [0.29, 0.717) is 5.16 Å². The van der Waals surface area contributed by atoms with E-state index in [1.807, 2.05) is 47.8 Å². The first kappa shape index (κ1) is 17.2. The molecule has 2 aromatic heterocycles. The minimum Gasteiger partial charge on any atom is -0.368 e. The molecule has 3 aromatic rings. The summed E-state index contributed by atoms with van der Waals surface area (Å²) in [5.74, 6) is 0.0922. The molecule has 0 radical (unpaired) electrons. The van der Waals surface area contributed by atoms with E-state index in [-0.39, 0.29) is 29.6 Å². The topological polar surface area (TPSA) is 120 Å². The van der Waals surface area contributed by atoms with Crippen LogP contribution in [0.4, 0.5) is 11.9 Å². The zero-order valence-electron chi connectivity index (χ0n) is 13.1. The van der Waals surface area contributed by atoms with Gasteiger partial charge in [0, 0.05) is 4.88 Å². The van der Waals surface area contributed by atoms with Crippen LogP contribution in [0.3, 0.4) is 0 Å². The van der Waals surface area contributed by atoms with Crippen molar-refractivity contribution in [3.8, 4) is 0 Å². The molecule has 0 unspecified atom stereocenters. The Bertz CT molecular complexity index is 821. The monoisotopic (exact) mass is 372 g/mol. The van der Waals surface area contributed by atoms with Gasteiger partial charge in [0.15, 0.2) is 5.16 Å². The van der Waals surface area contributed by atoms with Gasteiger partial charge in [-0.1, -0.05) is 48.2 Å². The van der Waals surface area contributed by atoms with Gasteiger partial charge in [-0.25, -0.2) is 0 Å². The number of hydrogen-bond donors (Lipinski definition) is 3. The summed E-state index contributed by atoms with van der Waals surface area (Å²) in [6.45, 7) is 0. The van der Waals surface area contributed by atoms with E-state index in [4.69, 9.17) is 11.5 Å². The second kappa shape index (κ2) is 7.95. The van der Waals surface area contributed by atoms with Gasteiger partial charge >= 0.3 is 0 Å². The zero-order valence-corrected chi connectivity index (χ0v) is 14.8. The van der Waals surface area contributed by atoms with Crippen LogP contribution in [0.25, 0.3) is 0 Å². The number of nitrogens with one attached hydrogen (secondary N) is 1. The second-order valence-electron chi connectivity index (χ2n) is 5.05. The summed E-state index contributed by atoms with van der Waals surface area (Å²) in [5.41, 5.74) is 12.1. The van der Waals surface area contributed by atoms with Crippen molar-refractivity contribution in [3.63, 3.8) is 0 Å². The van der Waals surface area contributed by atoms with Crippen molar-refractivity contribution in [1.82, 2.24) is 20.3 Å². The van der Waals surface area contributed by atoms with Crippen LogP contribution in [0.2, 0.25) is 0 Å². The number of nitrogen functional groups attached to an aromatic ring is 2. The number of carbonyl (C=O) groups excluding carboxylic acids is 1. The van der Waals surface area contributed by atoms with Gasteiger partial charge in [0.05, 0.1) is 11.8 Å². The lowest BCUT2D eigenvalue weighted by molar-refractivity contribution is -0.119. The quantitative estimate of drug-likeness (QED) is 0.567. The van der Waals surface area contributed by atoms with E-state index in [2.05, 4.69) is 20.3 Å². The summed E-state index contributed by atoms with van der Waals surface area (Å²) >= 11 is 2.76. The molecule has 3 rings (SSSR count). The maximum Gasteiger partial charge on any atom is 0.231 e. The fourth-order valence-corrected chi connectivity index (χ4v) is 3.67. The Morgan fingerprint density at radius 3 is 2.44 bits per heavy atom. The number of thioether (sulfide) groups is 1. The molecule has 25 heavy (non-hydrogen) atoms. The molecule has 0 aliphatic carbocycles. The van der Waals surface area contributed by atoms with Crippen LogP contribution in [0.1, 0.15) is 16.5 Å². The molecule has 0 aliphatic heterocycles. The van der Waals surface area contributed by atoms with E-state index in [1.165, 1.54) is 0 Å². The van der Waals surface area contributed by atoms with Crippen LogP contribution in [0.15, 0.2) is 53.0 Å². The molecule has 0 bridgehead atoms. The number of nitrogens with two attached hydrogens (primary N) is 2. The maximum absolute atomic E-state index is 12.4. The Balaban J connectivity index is 1.68. The number of amides is 1. The molecule has 9 heteroatoms. The van der Waals surface area contributed by atoms with E-state index in [9.17, 15) is 4.79 Å². The number of anilines is 2. The third-order valence-electron chi connectivity index (χ3n) is 3.25. The molecule has 7 nitrogen and oxygen atoms in total. The fraction of sp³-hybridized carbons (Fsp3) is 0.125. The fourth-order valence-electron chi connectivity index (χ4n) is 2.21. The molecule has 0 saturated carbocycles. The average Bonchev–Trinajstić information content (AvgIpc) is 3.12. The molecule has 0 saturated heterocycles. The Morgan fingerprint density at radius 1 is 1.08 bits per heavy atom. The van der Waals surface area contributed by atoms with Gasteiger partial charge in [-0.15, -0.1) is 11.3 Å². The van der Waals surface area contributed by atoms with Crippen molar-refractivity contribution in [3.05, 3.63) is 58.3 Å². The summed E-state index contributed by atoms with van der Waals surface area (Å²) in [4.78, 5) is 25.1. The third kappa shape index (κ3) is 4.68. The van der Waals surface area contributed by atoms with Crippen molar-refractivity contribution in [2.45, 2.75) is 11.2 Å². The number of nitrogens with zero attached hydrogens (tertiary/aromatic N) is 3. The lowest BCUT2D eigenvalue weighted by Gasteiger charge is -2.18. The minimum atomic E-state index is -0.192.